The van der Waals surface area contributed by atoms with Crippen LogP contribution in [0.5, 0.6) is 0 Å². The van der Waals surface area contributed by atoms with Crippen molar-refractivity contribution in [2.45, 2.75) is 25.0 Å². The summed E-state index contributed by atoms with van der Waals surface area (Å²) < 4.78 is 6.00. The van der Waals surface area contributed by atoms with Crippen LogP contribution in [0.1, 0.15) is 11.1 Å². The first kappa shape index (κ1) is 9.43. The van der Waals surface area contributed by atoms with E-state index in [2.05, 4.69) is 37.4 Å². The van der Waals surface area contributed by atoms with Gasteiger partial charge < -0.3 is 4.74 Å². The molecule has 2 atom stereocenters. The van der Waals surface area contributed by atoms with Gasteiger partial charge in [0.15, 0.2) is 0 Å². The van der Waals surface area contributed by atoms with Crippen molar-refractivity contribution >= 4 is 0 Å². The average Bonchev–Trinajstić information content (AvgIpc) is 2.85. The first-order valence-electron chi connectivity index (χ1n) is 6.07. The van der Waals surface area contributed by atoms with Gasteiger partial charge in [-0.15, -0.1) is 0 Å². The molecule has 17 heavy (non-hydrogen) atoms. The van der Waals surface area contributed by atoms with E-state index in [0.29, 0.717) is 0 Å². The molecule has 2 heterocycles. The summed E-state index contributed by atoms with van der Waals surface area (Å²) >= 11 is 0. The van der Waals surface area contributed by atoms with E-state index in [4.69, 9.17) is 4.74 Å². The van der Waals surface area contributed by atoms with Crippen LogP contribution in [0.2, 0.25) is 0 Å². The number of hydrogen-bond acceptors (Lipinski definition) is 1. The molecule has 1 aromatic rings. The van der Waals surface area contributed by atoms with E-state index >= 15 is 0 Å². The van der Waals surface area contributed by atoms with Crippen LogP contribution in [0.3, 0.4) is 0 Å². The van der Waals surface area contributed by atoms with Crippen molar-refractivity contribution in [1.29, 1.82) is 0 Å². The zero-order valence-corrected chi connectivity index (χ0v) is 9.70. The molecule has 4 rings (SSSR count). The zero-order valence-electron chi connectivity index (χ0n) is 9.70. The zero-order chi connectivity index (χ0) is 11.6. The molecule has 0 saturated carbocycles. The summed E-state index contributed by atoms with van der Waals surface area (Å²) in [7, 11) is 0. The van der Waals surface area contributed by atoms with Crippen molar-refractivity contribution in [3.05, 3.63) is 70.8 Å². The standard InChI is InChI=1S/C16H14O/c1-9-10(2)16-14-8-12-6-4-3-5-11(12)7-13(14)15(9)17-16/h3-6,15-16H,1-2,7-8H2. The highest BCUT2D eigenvalue weighted by atomic mass is 16.5. The van der Waals surface area contributed by atoms with Gasteiger partial charge in [-0.05, 0) is 46.3 Å². The van der Waals surface area contributed by atoms with Crippen LogP contribution >= 0.6 is 0 Å². The lowest BCUT2D eigenvalue weighted by Crippen LogP contribution is -2.20. The van der Waals surface area contributed by atoms with E-state index in [1.165, 1.54) is 22.3 Å². The maximum absolute atomic E-state index is 6.00. The Kier molecular flexibility index (Phi) is 1.66. The third kappa shape index (κ3) is 1.07. The average molecular weight is 222 g/mol. The summed E-state index contributed by atoms with van der Waals surface area (Å²) in [4.78, 5) is 0. The van der Waals surface area contributed by atoms with Gasteiger partial charge in [0.2, 0.25) is 0 Å². The Morgan fingerprint density at radius 1 is 0.882 bits per heavy atom. The molecule has 1 fully saturated rings. The van der Waals surface area contributed by atoms with E-state index in [0.717, 1.165) is 24.0 Å². The molecular formula is C16H14O. The number of rotatable bonds is 0. The van der Waals surface area contributed by atoms with Crippen molar-refractivity contribution in [2.75, 3.05) is 0 Å². The minimum absolute atomic E-state index is 0.121. The van der Waals surface area contributed by atoms with Crippen molar-refractivity contribution in [3.8, 4) is 0 Å². The molecule has 1 heteroatoms. The van der Waals surface area contributed by atoms with E-state index in [1.807, 2.05) is 0 Å². The van der Waals surface area contributed by atoms with Crippen molar-refractivity contribution < 1.29 is 4.74 Å². The lowest BCUT2D eigenvalue weighted by atomic mass is 9.76. The molecule has 1 saturated heterocycles. The fourth-order valence-corrected chi connectivity index (χ4v) is 3.28. The third-order valence-corrected chi connectivity index (χ3v) is 4.24. The highest BCUT2D eigenvalue weighted by Crippen LogP contribution is 2.48. The second-order valence-corrected chi connectivity index (χ2v) is 5.12. The maximum atomic E-state index is 6.00. The molecule has 0 N–H and O–H groups in total. The molecule has 3 aliphatic rings. The summed E-state index contributed by atoms with van der Waals surface area (Å²) in [5.41, 5.74) is 7.97. The first-order chi connectivity index (χ1) is 8.25. The highest BCUT2D eigenvalue weighted by Gasteiger charge is 2.46. The van der Waals surface area contributed by atoms with Crippen LogP contribution in [0, 0.1) is 0 Å². The van der Waals surface area contributed by atoms with Gasteiger partial charge in [-0.1, -0.05) is 37.4 Å². The molecule has 2 bridgehead atoms. The fourth-order valence-electron chi connectivity index (χ4n) is 3.28. The van der Waals surface area contributed by atoms with Crippen LogP contribution < -0.4 is 0 Å². The van der Waals surface area contributed by atoms with E-state index in [9.17, 15) is 0 Å². The summed E-state index contributed by atoms with van der Waals surface area (Å²) in [5.74, 6) is 0. The Morgan fingerprint density at radius 2 is 1.35 bits per heavy atom. The summed E-state index contributed by atoms with van der Waals surface area (Å²) in [6.45, 7) is 8.21. The Hall–Kier alpha value is -1.60. The quantitative estimate of drug-likeness (QED) is 0.613. The predicted molar refractivity (Wildman–Crippen MR) is 67.8 cm³/mol. The van der Waals surface area contributed by atoms with E-state index < -0.39 is 0 Å². The summed E-state index contributed by atoms with van der Waals surface area (Å²) in [5, 5.41) is 0. The van der Waals surface area contributed by atoms with Crippen LogP contribution in [0.4, 0.5) is 0 Å². The van der Waals surface area contributed by atoms with Crippen LogP contribution in [-0.2, 0) is 17.6 Å². The van der Waals surface area contributed by atoms with Gasteiger partial charge in [0.05, 0.1) is 0 Å². The molecule has 0 amide bonds. The maximum Gasteiger partial charge on any atom is 0.105 e. The highest BCUT2D eigenvalue weighted by molar-refractivity contribution is 5.59. The molecule has 0 spiro atoms. The van der Waals surface area contributed by atoms with Crippen molar-refractivity contribution in [2.24, 2.45) is 0 Å². The Morgan fingerprint density at radius 3 is 1.82 bits per heavy atom. The van der Waals surface area contributed by atoms with Crippen molar-refractivity contribution in [3.63, 3.8) is 0 Å². The summed E-state index contributed by atoms with van der Waals surface area (Å²) in [6.07, 6.45) is 2.30. The third-order valence-electron chi connectivity index (χ3n) is 4.24. The molecule has 2 unspecified atom stereocenters. The molecule has 84 valence electrons. The van der Waals surface area contributed by atoms with Gasteiger partial charge in [-0.25, -0.2) is 0 Å². The first-order valence-corrected chi connectivity index (χ1v) is 6.07. The minimum atomic E-state index is 0.121. The number of fused-ring (bicyclic) bond motifs is 5. The molecule has 0 radical (unpaired) electrons. The molecule has 2 aliphatic heterocycles. The predicted octanol–water partition coefficient (Wildman–Crippen LogP) is 2.98. The number of benzene rings is 1. The Bertz CT molecular complexity index is 540. The lowest BCUT2D eigenvalue weighted by Gasteiger charge is -2.26. The van der Waals surface area contributed by atoms with Gasteiger partial charge in [0.1, 0.15) is 12.2 Å². The van der Waals surface area contributed by atoms with Gasteiger partial charge >= 0.3 is 0 Å². The molecule has 1 aromatic carbocycles. The Labute approximate surface area is 101 Å². The van der Waals surface area contributed by atoms with E-state index in [1.54, 1.807) is 0 Å². The molecular weight excluding hydrogens is 208 g/mol. The summed E-state index contributed by atoms with van der Waals surface area (Å²) in [6, 6.07) is 8.68. The van der Waals surface area contributed by atoms with Crippen LogP contribution in [0.25, 0.3) is 0 Å². The van der Waals surface area contributed by atoms with Crippen LogP contribution in [0.15, 0.2) is 59.7 Å². The normalized spacial score (nSPS) is 29.6. The number of hydrogen-bond donors (Lipinski definition) is 0. The van der Waals surface area contributed by atoms with E-state index in [-0.39, 0.29) is 12.2 Å². The monoisotopic (exact) mass is 222 g/mol. The molecule has 1 nitrogen and oxygen atoms in total. The minimum Gasteiger partial charge on any atom is -0.357 e. The van der Waals surface area contributed by atoms with Gasteiger partial charge in [-0.3, -0.25) is 0 Å². The van der Waals surface area contributed by atoms with Crippen LogP contribution in [-0.4, -0.2) is 12.2 Å². The smallest absolute Gasteiger partial charge is 0.105 e. The van der Waals surface area contributed by atoms with Gasteiger partial charge in [0, 0.05) is 0 Å². The SMILES string of the molecule is C=C1C(=C)C2OC1C1=C2Cc2ccccc2C1. The van der Waals surface area contributed by atoms with Gasteiger partial charge in [0.25, 0.3) is 0 Å². The topological polar surface area (TPSA) is 9.23 Å². The second kappa shape index (κ2) is 2.99. The fraction of sp³-hybridized carbons (Fsp3) is 0.250. The second-order valence-electron chi connectivity index (χ2n) is 5.12. The molecule has 0 aromatic heterocycles. The largest absolute Gasteiger partial charge is 0.357 e. The van der Waals surface area contributed by atoms with Crippen molar-refractivity contribution in [1.82, 2.24) is 0 Å². The lowest BCUT2D eigenvalue weighted by molar-refractivity contribution is 0.129. The number of ether oxygens (including phenoxy) is 1. The molecule has 1 aliphatic carbocycles. The Balaban J connectivity index is 1.84. The van der Waals surface area contributed by atoms with Gasteiger partial charge in [-0.2, -0.15) is 0 Å².